The first-order chi connectivity index (χ1) is 7.86. The Kier molecular flexibility index (Phi) is 6.59. The molecule has 0 aliphatic carbocycles. The molecule has 1 aromatic carbocycles. The number of hydrogen-bond donors (Lipinski definition) is 1. The Labute approximate surface area is 99.6 Å². The minimum Gasteiger partial charge on any atom is -0.317 e. The quantitative estimate of drug-likeness (QED) is 0.797. The summed E-state index contributed by atoms with van der Waals surface area (Å²) >= 11 is 0. The molecule has 0 amide bonds. The van der Waals surface area contributed by atoms with Gasteiger partial charge in [0.25, 0.3) is 0 Å². The van der Waals surface area contributed by atoms with E-state index >= 15 is 0 Å². The third-order valence-corrected chi connectivity index (χ3v) is 2.80. The van der Waals surface area contributed by atoms with Crippen molar-refractivity contribution in [2.75, 3.05) is 13.1 Å². The van der Waals surface area contributed by atoms with Crippen LogP contribution in [0, 0.1) is 0 Å². The zero-order valence-electron chi connectivity index (χ0n) is 10.3. The Morgan fingerprint density at radius 1 is 1.25 bits per heavy atom. The highest BCUT2D eigenvalue weighted by atomic mass is 14.9. The minimum atomic E-state index is 1.10. The third-order valence-electron chi connectivity index (χ3n) is 2.80. The fraction of sp³-hybridized carbons (Fsp3) is 0.467. The van der Waals surface area contributed by atoms with Gasteiger partial charge in [0.2, 0.25) is 0 Å². The molecule has 88 valence electrons. The maximum atomic E-state index is 3.71. The smallest absolute Gasteiger partial charge is 0.00489 e. The third kappa shape index (κ3) is 5.13. The van der Waals surface area contributed by atoms with Crippen LogP contribution in [-0.2, 0) is 6.42 Å². The van der Waals surface area contributed by atoms with E-state index in [9.17, 15) is 0 Å². The number of rotatable bonds is 2. The second-order valence-corrected chi connectivity index (χ2v) is 4.11. The highest BCUT2D eigenvalue weighted by Gasteiger charge is 1.93. The van der Waals surface area contributed by atoms with Gasteiger partial charge in [0.15, 0.2) is 0 Å². The number of aryl methyl sites for hydroxylation is 1. The molecule has 0 spiro atoms. The fourth-order valence-electron chi connectivity index (χ4n) is 1.74. The summed E-state index contributed by atoms with van der Waals surface area (Å²) in [6, 6.07) is 8.42. The minimum absolute atomic E-state index is 1.10. The van der Waals surface area contributed by atoms with Crippen molar-refractivity contribution in [1.82, 2.24) is 5.32 Å². The van der Waals surface area contributed by atoms with Gasteiger partial charge >= 0.3 is 0 Å². The average Bonchev–Trinajstić information content (AvgIpc) is 2.41. The molecule has 1 heteroatoms. The summed E-state index contributed by atoms with van der Waals surface area (Å²) in [6.45, 7) is 8.36. The lowest BCUT2D eigenvalue weighted by atomic mass is 10.1. The van der Waals surface area contributed by atoms with E-state index in [4.69, 9.17) is 0 Å². The predicted molar refractivity (Wildman–Crippen MR) is 72.6 cm³/mol. The molecule has 0 saturated carbocycles. The monoisotopic (exact) mass is 217 g/mol. The highest BCUT2D eigenvalue weighted by molar-refractivity contribution is 5.47. The molecular weight excluding hydrogens is 194 g/mol. The highest BCUT2D eigenvalue weighted by Crippen LogP contribution is 2.06. The molecule has 0 aromatic heterocycles. The topological polar surface area (TPSA) is 12.0 Å². The van der Waals surface area contributed by atoms with E-state index in [0.717, 1.165) is 6.42 Å². The van der Waals surface area contributed by atoms with Gasteiger partial charge in [-0.3, -0.25) is 0 Å². The molecule has 0 radical (unpaired) electrons. The predicted octanol–water partition coefficient (Wildman–Crippen LogP) is 3.65. The van der Waals surface area contributed by atoms with Crippen LogP contribution in [-0.4, -0.2) is 13.1 Å². The summed E-state index contributed by atoms with van der Waals surface area (Å²) in [5.41, 5.74) is 2.58. The molecule has 1 aliphatic rings. The van der Waals surface area contributed by atoms with Crippen molar-refractivity contribution in [2.24, 2.45) is 0 Å². The summed E-state index contributed by atoms with van der Waals surface area (Å²) < 4.78 is 0. The maximum Gasteiger partial charge on any atom is -0.00489 e. The molecule has 0 bridgehead atoms. The number of piperidine rings is 1. The van der Waals surface area contributed by atoms with Crippen molar-refractivity contribution < 1.29 is 0 Å². The van der Waals surface area contributed by atoms with E-state index in [1.54, 1.807) is 0 Å². The number of hydrogen-bond acceptors (Lipinski definition) is 1. The van der Waals surface area contributed by atoms with Crippen molar-refractivity contribution in [3.8, 4) is 0 Å². The Morgan fingerprint density at radius 3 is 2.44 bits per heavy atom. The summed E-state index contributed by atoms with van der Waals surface area (Å²) in [5, 5.41) is 3.28. The largest absolute Gasteiger partial charge is 0.317 e. The van der Waals surface area contributed by atoms with Crippen LogP contribution in [0.25, 0.3) is 6.08 Å². The van der Waals surface area contributed by atoms with E-state index in [1.165, 1.54) is 43.5 Å². The Bertz CT molecular complexity index is 289. The van der Waals surface area contributed by atoms with Crippen LogP contribution in [0.4, 0.5) is 0 Å². The van der Waals surface area contributed by atoms with Crippen LogP contribution in [0.2, 0.25) is 0 Å². The van der Waals surface area contributed by atoms with Gasteiger partial charge < -0.3 is 5.32 Å². The molecular formula is C15H23N. The average molecular weight is 217 g/mol. The summed E-state index contributed by atoms with van der Waals surface area (Å²) in [7, 11) is 0. The van der Waals surface area contributed by atoms with Gasteiger partial charge in [-0.1, -0.05) is 50.3 Å². The van der Waals surface area contributed by atoms with Crippen LogP contribution in [0.5, 0.6) is 0 Å². The molecule has 1 saturated heterocycles. The Balaban J connectivity index is 0.000000181. The standard InChI is InChI=1S/C10H12.C5H11N/c1-3-9-6-5-7-10(4-2)8-9;1-2-4-6-5-3-1/h3,5-8H,1,4H2,2H3;6H,1-5H2. The van der Waals surface area contributed by atoms with E-state index < -0.39 is 0 Å². The van der Waals surface area contributed by atoms with E-state index in [-0.39, 0.29) is 0 Å². The molecule has 0 atom stereocenters. The first-order valence-electron chi connectivity index (χ1n) is 6.29. The molecule has 1 aliphatic heterocycles. The van der Waals surface area contributed by atoms with Crippen molar-refractivity contribution >= 4 is 6.08 Å². The van der Waals surface area contributed by atoms with Gasteiger partial charge in [0.05, 0.1) is 0 Å². The zero-order chi connectivity index (χ0) is 11.6. The molecule has 1 N–H and O–H groups in total. The summed E-state index contributed by atoms with van der Waals surface area (Å²) in [6.07, 6.45) is 7.19. The molecule has 1 aromatic rings. The van der Waals surface area contributed by atoms with Crippen molar-refractivity contribution in [1.29, 1.82) is 0 Å². The Morgan fingerprint density at radius 2 is 2.00 bits per heavy atom. The molecule has 1 fully saturated rings. The van der Waals surface area contributed by atoms with Crippen LogP contribution < -0.4 is 5.32 Å². The molecule has 1 nitrogen and oxygen atoms in total. The van der Waals surface area contributed by atoms with Gasteiger partial charge in [-0.2, -0.15) is 0 Å². The zero-order valence-corrected chi connectivity index (χ0v) is 10.3. The molecule has 0 unspecified atom stereocenters. The number of benzene rings is 1. The van der Waals surface area contributed by atoms with Gasteiger partial charge in [-0.15, -0.1) is 0 Å². The fourth-order valence-corrected chi connectivity index (χ4v) is 1.74. The maximum absolute atomic E-state index is 3.71. The normalized spacial score (nSPS) is 14.8. The lowest BCUT2D eigenvalue weighted by molar-refractivity contribution is 0.520. The van der Waals surface area contributed by atoms with E-state index in [0.29, 0.717) is 0 Å². The lowest BCUT2D eigenvalue weighted by Crippen LogP contribution is -2.21. The SMILES string of the molecule is C1CCNCC1.C=Cc1cccc(CC)c1. The summed E-state index contributed by atoms with van der Waals surface area (Å²) in [5.74, 6) is 0. The first kappa shape index (κ1) is 13.0. The van der Waals surface area contributed by atoms with Crippen molar-refractivity contribution in [2.45, 2.75) is 32.6 Å². The van der Waals surface area contributed by atoms with Crippen LogP contribution in [0.15, 0.2) is 30.8 Å². The molecule has 16 heavy (non-hydrogen) atoms. The van der Waals surface area contributed by atoms with Gasteiger partial charge in [-0.05, 0) is 43.5 Å². The molecule has 1 heterocycles. The number of nitrogens with one attached hydrogen (secondary N) is 1. The van der Waals surface area contributed by atoms with Crippen molar-refractivity contribution in [3.63, 3.8) is 0 Å². The van der Waals surface area contributed by atoms with Crippen LogP contribution in [0.1, 0.15) is 37.3 Å². The summed E-state index contributed by atoms with van der Waals surface area (Å²) in [4.78, 5) is 0. The van der Waals surface area contributed by atoms with Crippen LogP contribution in [0.3, 0.4) is 0 Å². The van der Waals surface area contributed by atoms with Crippen molar-refractivity contribution in [3.05, 3.63) is 42.0 Å². The second kappa shape index (κ2) is 8.12. The Hall–Kier alpha value is -1.08. The van der Waals surface area contributed by atoms with Crippen LogP contribution >= 0.6 is 0 Å². The van der Waals surface area contributed by atoms with Gasteiger partial charge in [0, 0.05) is 0 Å². The lowest BCUT2D eigenvalue weighted by Gasteiger charge is -2.08. The first-order valence-corrected chi connectivity index (χ1v) is 6.29. The van der Waals surface area contributed by atoms with E-state index in [2.05, 4.69) is 43.1 Å². The van der Waals surface area contributed by atoms with E-state index in [1.807, 2.05) is 6.08 Å². The second-order valence-electron chi connectivity index (χ2n) is 4.11. The molecule has 2 rings (SSSR count). The van der Waals surface area contributed by atoms with Gasteiger partial charge in [-0.25, -0.2) is 0 Å². The van der Waals surface area contributed by atoms with Gasteiger partial charge in [0.1, 0.15) is 0 Å².